The number of carbonyl (C=O) groups is 2. The van der Waals surface area contributed by atoms with Crippen LogP contribution in [0.2, 0.25) is 0 Å². The van der Waals surface area contributed by atoms with Crippen molar-refractivity contribution in [1.29, 1.82) is 0 Å². The number of aliphatic hydroxyl groups is 2. The molecule has 3 N–H and O–H groups in total. The maximum atomic E-state index is 13.3. The number of allylic oxidation sites excluding steroid dienone is 6. The number of amides is 1. The molecule has 0 saturated carbocycles. The molecule has 1 amide bonds. The van der Waals surface area contributed by atoms with Crippen LogP contribution in [0.25, 0.3) is 0 Å². The predicted octanol–water partition coefficient (Wildman–Crippen LogP) is 17.2. The third kappa shape index (κ3) is 46.6. The number of aliphatic hydroxyl groups excluding tert-OH is 2. The summed E-state index contributed by atoms with van der Waals surface area (Å²) in [5.41, 5.74) is 0. The molecule has 6 heteroatoms. The first-order valence-corrected chi connectivity index (χ1v) is 28.2. The van der Waals surface area contributed by atoms with Crippen LogP contribution in [-0.4, -0.2) is 46.9 Å². The fourth-order valence-corrected chi connectivity index (χ4v) is 8.70. The molecule has 0 aromatic carbocycles. The summed E-state index contributed by atoms with van der Waals surface area (Å²) in [4.78, 5) is 26.2. The number of unbranched alkanes of at least 4 members (excludes halogenated alkanes) is 33. The third-order valence-corrected chi connectivity index (χ3v) is 13.0. The number of hydrogen-bond donors (Lipinski definition) is 3. The molecule has 0 bridgehead atoms. The lowest BCUT2D eigenvalue weighted by Gasteiger charge is -2.24. The zero-order chi connectivity index (χ0) is 46.7. The molecule has 6 nitrogen and oxygen atoms in total. The fourth-order valence-electron chi connectivity index (χ4n) is 8.70. The van der Waals surface area contributed by atoms with Crippen molar-refractivity contribution in [2.45, 2.75) is 315 Å². The van der Waals surface area contributed by atoms with E-state index in [1.807, 2.05) is 0 Å². The average Bonchev–Trinajstić information content (AvgIpc) is 3.29. The van der Waals surface area contributed by atoms with Gasteiger partial charge in [0.1, 0.15) is 6.10 Å². The molecule has 0 aliphatic carbocycles. The Hall–Kier alpha value is -1.92. The molecule has 3 unspecified atom stereocenters. The zero-order valence-electron chi connectivity index (χ0n) is 42.9. The Bertz CT molecular complexity index is 1060. The Morgan fingerprint density at radius 3 is 1.28 bits per heavy atom. The molecule has 0 aromatic heterocycles. The van der Waals surface area contributed by atoms with Crippen molar-refractivity contribution in [2.24, 2.45) is 0 Å². The molecule has 0 rings (SSSR count). The standard InChI is InChI=1S/C58H109NO5/c1-4-7-10-13-16-19-22-25-28-29-30-31-34-37-40-43-46-49-54(64-58(63)51-48-45-42-39-36-33-27-24-21-18-15-12-9-6-3)52-57(62)59-55(53-60)56(61)50-47-44-41-38-35-32-26-23-20-17-14-11-8-5-2/h9,12,18,21,25,28,54-56,60-61H,4-8,10-11,13-17,19-20,22-24,26-27,29-53H2,1-3H3,(H,59,62)/b12-9+,21-18+,28-25+. The van der Waals surface area contributed by atoms with Gasteiger partial charge in [-0.2, -0.15) is 0 Å². The van der Waals surface area contributed by atoms with E-state index in [4.69, 9.17) is 4.74 Å². The van der Waals surface area contributed by atoms with Gasteiger partial charge >= 0.3 is 5.97 Å². The van der Waals surface area contributed by atoms with Crippen LogP contribution in [0, 0.1) is 0 Å². The minimum Gasteiger partial charge on any atom is -0.462 e. The van der Waals surface area contributed by atoms with Crippen LogP contribution in [0.1, 0.15) is 297 Å². The second-order valence-electron chi connectivity index (χ2n) is 19.3. The molecule has 0 heterocycles. The van der Waals surface area contributed by atoms with Gasteiger partial charge in [-0.3, -0.25) is 9.59 Å². The van der Waals surface area contributed by atoms with Gasteiger partial charge in [-0.15, -0.1) is 0 Å². The van der Waals surface area contributed by atoms with E-state index in [9.17, 15) is 19.8 Å². The molecule has 3 atom stereocenters. The van der Waals surface area contributed by atoms with Gasteiger partial charge in [-0.05, 0) is 77.0 Å². The van der Waals surface area contributed by atoms with Gasteiger partial charge < -0.3 is 20.3 Å². The Morgan fingerprint density at radius 2 is 0.844 bits per heavy atom. The SMILES string of the molecule is CC/C=C/C/C=C/CCCCCCCCCC(=O)OC(CCCCCCCCC/C=C/CCCCCCCC)CC(=O)NC(CO)C(O)CCCCCCCCCCCCCCCC. The van der Waals surface area contributed by atoms with Crippen LogP contribution in [0.3, 0.4) is 0 Å². The van der Waals surface area contributed by atoms with Gasteiger partial charge in [-0.25, -0.2) is 0 Å². The summed E-state index contributed by atoms with van der Waals surface area (Å²) in [7, 11) is 0. The Labute approximate surface area is 398 Å². The lowest BCUT2D eigenvalue weighted by Crippen LogP contribution is -2.46. The van der Waals surface area contributed by atoms with Gasteiger partial charge in [0.05, 0.1) is 25.2 Å². The van der Waals surface area contributed by atoms with Crippen molar-refractivity contribution in [3.63, 3.8) is 0 Å². The minimum absolute atomic E-state index is 0.0742. The van der Waals surface area contributed by atoms with Crippen molar-refractivity contribution in [3.8, 4) is 0 Å². The quantitative estimate of drug-likeness (QED) is 0.0321. The summed E-state index contributed by atoms with van der Waals surface area (Å²) in [6.07, 6.45) is 62.1. The van der Waals surface area contributed by atoms with Crippen LogP contribution in [-0.2, 0) is 14.3 Å². The highest BCUT2D eigenvalue weighted by atomic mass is 16.5. The summed E-state index contributed by atoms with van der Waals surface area (Å²) in [6, 6.07) is -0.703. The molecule has 0 aliphatic rings. The summed E-state index contributed by atoms with van der Waals surface area (Å²) >= 11 is 0. The lowest BCUT2D eigenvalue weighted by molar-refractivity contribution is -0.151. The van der Waals surface area contributed by atoms with Crippen LogP contribution in [0.5, 0.6) is 0 Å². The molecule has 376 valence electrons. The maximum absolute atomic E-state index is 13.3. The van der Waals surface area contributed by atoms with Crippen LogP contribution in [0.4, 0.5) is 0 Å². The van der Waals surface area contributed by atoms with Crippen molar-refractivity contribution in [2.75, 3.05) is 6.61 Å². The highest BCUT2D eigenvalue weighted by molar-refractivity contribution is 5.77. The summed E-state index contributed by atoms with van der Waals surface area (Å²) in [5, 5.41) is 23.9. The predicted molar refractivity (Wildman–Crippen MR) is 278 cm³/mol. The third-order valence-electron chi connectivity index (χ3n) is 13.0. The maximum Gasteiger partial charge on any atom is 0.306 e. The van der Waals surface area contributed by atoms with E-state index >= 15 is 0 Å². The largest absolute Gasteiger partial charge is 0.462 e. The molecule has 0 fully saturated rings. The van der Waals surface area contributed by atoms with Crippen LogP contribution < -0.4 is 5.32 Å². The van der Waals surface area contributed by atoms with Gasteiger partial charge in [0.25, 0.3) is 0 Å². The molecule has 0 radical (unpaired) electrons. The van der Waals surface area contributed by atoms with Crippen molar-refractivity contribution in [1.82, 2.24) is 5.32 Å². The second-order valence-corrected chi connectivity index (χ2v) is 19.3. The molecule has 64 heavy (non-hydrogen) atoms. The zero-order valence-corrected chi connectivity index (χ0v) is 42.9. The summed E-state index contributed by atoms with van der Waals surface area (Å²) in [6.45, 7) is 6.40. The van der Waals surface area contributed by atoms with Gasteiger partial charge in [0.15, 0.2) is 0 Å². The molecule has 0 aromatic rings. The molecule has 0 saturated heterocycles. The topological polar surface area (TPSA) is 95.9 Å². The van der Waals surface area contributed by atoms with Crippen LogP contribution >= 0.6 is 0 Å². The smallest absolute Gasteiger partial charge is 0.306 e. The second kappa shape index (κ2) is 52.1. The normalized spacial score (nSPS) is 13.4. The van der Waals surface area contributed by atoms with E-state index in [2.05, 4.69) is 62.5 Å². The highest BCUT2D eigenvalue weighted by Crippen LogP contribution is 2.18. The van der Waals surface area contributed by atoms with Gasteiger partial charge in [0, 0.05) is 6.42 Å². The molecular formula is C58H109NO5. The van der Waals surface area contributed by atoms with Gasteiger partial charge in [0.2, 0.25) is 5.91 Å². The van der Waals surface area contributed by atoms with E-state index in [1.165, 1.54) is 180 Å². The molecule has 0 spiro atoms. The van der Waals surface area contributed by atoms with Crippen molar-refractivity contribution < 1.29 is 24.5 Å². The average molecular weight is 901 g/mol. The van der Waals surface area contributed by atoms with E-state index in [0.717, 1.165) is 70.6 Å². The molecular weight excluding hydrogens is 791 g/mol. The first-order chi connectivity index (χ1) is 31.5. The van der Waals surface area contributed by atoms with E-state index < -0.39 is 18.2 Å². The Balaban J connectivity index is 4.56. The summed E-state index contributed by atoms with van der Waals surface area (Å²) in [5.74, 6) is -0.474. The number of carbonyl (C=O) groups excluding carboxylic acids is 2. The number of rotatable bonds is 51. The van der Waals surface area contributed by atoms with E-state index in [0.29, 0.717) is 19.3 Å². The van der Waals surface area contributed by atoms with Crippen LogP contribution in [0.15, 0.2) is 36.5 Å². The minimum atomic E-state index is -0.789. The first-order valence-electron chi connectivity index (χ1n) is 28.2. The van der Waals surface area contributed by atoms with E-state index in [1.54, 1.807) is 0 Å². The number of nitrogens with one attached hydrogen (secondary N) is 1. The Morgan fingerprint density at radius 1 is 0.469 bits per heavy atom. The van der Waals surface area contributed by atoms with Crippen molar-refractivity contribution >= 4 is 11.9 Å². The fraction of sp³-hybridized carbons (Fsp3) is 0.862. The van der Waals surface area contributed by atoms with Crippen molar-refractivity contribution in [3.05, 3.63) is 36.5 Å². The number of ether oxygens (including phenoxy) is 1. The lowest BCUT2D eigenvalue weighted by atomic mass is 10.0. The monoisotopic (exact) mass is 900 g/mol. The summed E-state index contributed by atoms with van der Waals surface area (Å²) < 4.78 is 5.95. The molecule has 0 aliphatic heterocycles. The number of hydrogen-bond acceptors (Lipinski definition) is 5. The van der Waals surface area contributed by atoms with E-state index in [-0.39, 0.29) is 24.9 Å². The van der Waals surface area contributed by atoms with Gasteiger partial charge in [-0.1, -0.05) is 243 Å². The highest BCUT2D eigenvalue weighted by Gasteiger charge is 2.24. The number of esters is 1. The Kier molecular flexibility index (Phi) is 50.5. The first kappa shape index (κ1) is 62.1.